The minimum atomic E-state index is -1.37. The van der Waals surface area contributed by atoms with Gasteiger partial charge in [-0.3, -0.25) is 52.7 Å². The highest BCUT2D eigenvalue weighted by molar-refractivity contribution is 6.09. The average molecular weight is 1100 g/mol. The van der Waals surface area contributed by atoms with Crippen LogP contribution >= 0.6 is 0 Å². The van der Waals surface area contributed by atoms with E-state index in [-0.39, 0.29) is 71.4 Å². The SMILES string of the molecule is CC(=O)N[C@H](CCCCNC(=O)c1ccc(C(=O)O)c(-c2c3ccc(=O)cc-3oc3cc(O)ccc23)c1)C(=O)N[C@H](C)C(=O)N[C@H](C)C(=O)N[C@H](C)C(=O)N[C@H](C)C(=O)N[C@H](Cc1cnc[nH]1)C(=O)N[C@H](CCC(=O)O)C(N)=O. The van der Waals surface area contributed by atoms with Gasteiger partial charge in [-0.15, -0.1) is 0 Å². The Balaban J connectivity index is 1.10. The highest BCUT2D eigenvalue weighted by Gasteiger charge is 2.31. The number of benzene rings is 3. The first-order valence-electron chi connectivity index (χ1n) is 24.8. The van der Waals surface area contributed by atoms with Crippen LogP contribution in [0, 0.1) is 0 Å². The molecule has 3 aromatic rings. The van der Waals surface area contributed by atoms with Gasteiger partial charge in [-0.1, -0.05) is 0 Å². The predicted molar refractivity (Wildman–Crippen MR) is 280 cm³/mol. The van der Waals surface area contributed by atoms with Crippen LogP contribution in [-0.2, 0) is 49.6 Å². The summed E-state index contributed by atoms with van der Waals surface area (Å²) in [6.45, 7) is 6.51. The number of carbonyl (C=O) groups excluding carboxylic acids is 9. The molecule has 0 spiro atoms. The number of phenols is 1. The van der Waals surface area contributed by atoms with E-state index in [4.69, 9.17) is 15.3 Å². The zero-order chi connectivity index (χ0) is 58.2. The number of aromatic carboxylic acids is 1. The zero-order valence-corrected chi connectivity index (χ0v) is 43.5. The van der Waals surface area contributed by atoms with Crippen LogP contribution in [0.2, 0.25) is 0 Å². The lowest BCUT2D eigenvalue weighted by molar-refractivity contribution is -0.138. The summed E-state index contributed by atoms with van der Waals surface area (Å²) in [5.74, 6) is -9.60. The second kappa shape index (κ2) is 27.4. The average Bonchev–Trinajstić information content (AvgIpc) is 3.98. The van der Waals surface area contributed by atoms with E-state index >= 15 is 0 Å². The smallest absolute Gasteiger partial charge is 0.336 e. The number of nitrogens with one attached hydrogen (secondary N) is 9. The minimum Gasteiger partial charge on any atom is -0.508 e. The van der Waals surface area contributed by atoms with Gasteiger partial charge >= 0.3 is 11.9 Å². The highest BCUT2D eigenvalue weighted by Crippen LogP contribution is 2.42. The number of phenolic OH excluding ortho intramolecular Hbond substituents is 1. The van der Waals surface area contributed by atoms with Crippen molar-refractivity contribution in [3.05, 3.63) is 94.2 Å². The van der Waals surface area contributed by atoms with Gasteiger partial charge in [0.15, 0.2) is 5.43 Å². The molecule has 0 saturated heterocycles. The van der Waals surface area contributed by atoms with Gasteiger partial charge in [-0.05, 0) is 101 Å². The Kier molecular flexibility index (Phi) is 20.9. The number of aliphatic carboxylic acids is 1. The first-order chi connectivity index (χ1) is 37.3. The van der Waals surface area contributed by atoms with E-state index < -0.39 is 114 Å². The molecular weight excluding hydrogens is 1030 g/mol. The summed E-state index contributed by atoms with van der Waals surface area (Å²) < 4.78 is 5.88. The number of aromatic nitrogens is 2. The Morgan fingerprint density at radius 2 is 1.25 bits per heavy atom. The molecule has 7 atom stereocenters. The van der Waals surface area contributed by atoms with Gasteiger partial charge in [0.05, 0.1) is 11.9 Å². The van der Waals surface area contributed by atoms with Gasteiger partial charge in [0.2, 0.25) is 47.3 Å². The molecule has 1 aromatic heterocycles. The van der Waals surface area contributed by atoms with Gasteiger partial charge in [0, 0.05) is 72.4 Å². The summed E-state index contributed by atoms with van der Waals surface area (Å²) in [5, 5.41) is 49.6. The van der Waals surface area contributed by atoms with Crippen molar-refractivity contribution in [3.8, 4) is 28.2 Å². The number of aromatic hydroxyl groups is 1. The Morgan fingerprint density at radius 1 is 0.658 bits per heavy atom. The number of amides is 9. The number of carboxylic acids is 2. The fraction of sp³-hybridized carbons (Fsp3) is 0.365. The van der Waals surface area contributed by atoms with Crippen LogP contribution in [0.3, 0.4) is 0 Å². The van der Waals surface area contributed by atoms with E-state index in [9.17, 15) is 67.7 Å². The molecule has 5 rings (SSSR count). The maximum Gasteiger partial charge on any atom is 0.336 e. The molecule has 27 nitrogen and oxygen atoms in total. The molecule has 27 heteroatoms. The number of rotatable bonds is 27. The molecule has 2 heterocycles. The standard InChI is InChI=1S/C52H61N11O16/c1-24(45(70)57-25(2)46(71)59-27(4)48(73)63-39(19-30-22-54-23-56-30)51(76)62-37(44(53)69)15-16-42(67)68)58-47(72)26(3)60-50(75)38(61-28(5)64)8-6-7-17-55-49(74)29-9-12-33(52(77)78)36(18-29)43-34-13-10-31(65)20-40(34)79-41-21-32(66)11-14-35(41)43/h9-14,18,20-27,37-39,65H,6-8,15-17,19H2,1-5H3,(H2,53,69)(H,54,56)(H,55,74)(H,57,70)(H,58,72)(H,59,71)(H,60,75)(H,61,64)(H,62,76)(H,63,73)(H,67,68)(H,77,78)/t24-,25-,26-,27-,37-,38-,39-/m1/s1. The largest absolute Gasteiger partial charge is 0.508 e. The van der Waals surface area contributed by atoms with Crippen molar-refractivity contribution in [3.63, 3.8) is 0 Å². The number of fused-ring (bicyclic) bond motifs is 2. The topological polar surface area (TPSA) is 430 Å². The second-order valence-corrected chi connectivity index (χ2v) is 18.5. The second-order valence-electron chi connectivity index (χ2n) is 18.5. The van der Waals surface area contributed by atoms with Crippen LogP contribution in [-0.4, -0.2) is 139 Å². The molecule has 0 unspecified atom stereocenters. The summed E-state index contributed by atoms with van der Waals surface area (Å²) in [7, 11) is 0. The summed E-state index contributed by atoms with van der Waals surface area (Å²) in [6.07, 6.45) is 2.40. The molecule has 1 aliphatic heterocycles. The first kappa shape index (κ1) is 60.2. The third-order valence-electron chi connectivity index (χ3n) is 12.3. The first-order valence-corrected chi connectivity index (χ1v) is 24.8. The number of aromatic amines is 1. The van der Waals surface area contributed by atoms with Crippen molar-refractivity contribution >= 4 is 76.1 Å². The number of unbranched alkanes of at least 4 members (excludes halogenated alkanes) is 1. The zero-order valence-electron chi connectivity index (χ0n) is 43.5. The lowest BCUT2D eigenvalue weighted by Gasteiger charge is -2.24. The van der Waals surface area contributed by atoms with Gasteiger partial charge in [0.1, 0.15) is 59.4 Å². The molecule has 0 bridgehead atoms. The number of nitrogens with two attached hydrogens (primary N) is 1. The van der Waals surface area contributed by atoms with E-state index in [1.54, 1.807) is 0 Å². The molecular formula is C52H61N11O16. The number of imidazole rings is 1. The Bertz CT molecular complexity index is 3160. The lowest BCUT2D eigenvalue weighted by atomic mass is 9.89. The molecule has 0 fully saturated rings. The van der Waals surface area contributed by atoms with E-state index in [1.807, 2.05) is 0 Å². The maximum absolute atomic E-state index is 13.5. The molecule has 14 N–H and O–H groups in total. The molecule has 420 valence electrons. The number of carbonyl (C=O) groups is 11. The van der Waals surface area contributed by atoms with E-state index in [0.29, 0.717) is 28.6 Å². The van der Waals surface area contributed by atoms with Gasteiger partial charge < -0.3 is 73.0 Å². The van der Waals surface area contributed by atoms with Crippen LogP contribution in [0.4, 0.5) is 0 Å². The Morgan fingerprint density at radius 3 is 1.82 bits per heavy atom. The summed E-state index contributed by atoms with van der Waals surface area (Å²) in [6, 6.07) is 3.34. The van der Waals surface area contributed by atoms with Crippen LogP contribution in [0.25, 0.3) is 33.4 Å². The van der Waals surface area contributed by atoms with Crippen LogP contribution in [0.1, 0.15) is 93.1 Å². The number of carboxylic acid groups (broad SMARTS) is 2. The van der Waals surface area contributed by atoms with Gasteiger partial charge in [-0.2, -0.15) is 0 Å². The van der Waals surface area contributed by atoms with Crippen molar-refractivity contribution in [2.75, 3.05) is 6.54 Å². The number of nitrogens with zero attached hydrogens (tertiary/aromatic N) is 1. The van der Waals surface area contributed by atoms with Crippen LogP contribution in [0.5, 0.6) is 5.75 Å². The van der Waals surface area contributed by atoms with E-state index in [0.717, 1.165) is 0 Å². The van der Waals surface area contributed by atoms with E-state index in [2.05, 4.69) is 52.5 Å². The summed E-state index contributed by atoms with van der Waals surface area (Å²) in [5.41, 5.74) is 6.36. The minimum absolute atomic E-state index is 0.0701. The third-order valence-corrected chi connectivity index (χ3v) is 12.3. The normalized spacial score (nSPS) is 13.7. The monoisotopic (exact) mass is 1100 g/mol. The fourth-order valence-corrected chi connectivity index (χ4v) is 8.06. The maximum atomic E-state index is 13.5. The van der Waals surface area contributed by atoms with Crippen LogP contribution < -0.4 is 53.7 Å². The third kappa shape index (κ3) is 16.9. The van der Waals surface area contributed by atoms with Crippen molar-refractivity contribution in [1.82, 2.24) is 52.5 Å². The van der Waals surface area contributed by atoms with Gasteiger partial charge in [0.25, 0.3) is 5.91 Å². The fourth-order valence-electron chi connectivity index (χ4n) is 8.06. The molecule has 0 saturated carbocycles. The molecule has 2 aliphatic rings. The Labute approximate surface area is 450 Å². The molecule has 2 aromatic carbocycles. The van der Waals surface area contributed by atoms with Crippen molar-refractivity contribution < 1.29 is 72.5 Å². The summed E-state index contributed by atoms with van der Waals surface area (Å²) >= 11 is 0. The molecule has 9 amide bonds. The molecule has 79 heavy (non-hydrogen) atoms. The Hall–Kier alpha value is -9.69. The molecule has 0 radical (unpaired) electrons. The van der Waals surface area contributed by atoms with Crippen molar-refractivity contribution in [2.24, 2.45) is 5.73 Å². The van der Waals surface area contributed by atoms with Crippen molar-refractivity contribution in [2.45, 2.75) is 115 Å². The van der Waals surface area contributed by atoms with E-state index in [1.165, 1.54) is 102 Å². The highest BCUT2D eigenvalue weighted by atomic mass is 16.4. The van der Waals surface area contributed by atoms with Crippen molar-refractivity contribution in [1.29, 1.82) is 0 Å². The lowest BCUT2D eigenvalue weighted by Crippen LogP contribution is -2.58. The number of H-pyrrole nitrogens is 1. The number of primary amides is 1. The number of hydrogen-bond acceptors (Lipinski definition) is 15. The van der Waals surface area contributed by atoms with Crippen LogP contribution in [0.15, 0.2) is 76.3 Å². The number of hydrogen-bond donors (Lipinski definition) is 13. The molecule has 1 aliphatic carbocycles. The van der Waals surface area contributed by atoms with Gasteiger partial charge in [-0.25, -0.2) is 9.78 Å². The quantitative estimate of drug-likeness (QED) is 0.0237. The predicted octanol–water partition coefficient (Wildman–Crippen LogP) is -0.322. The summed E-state index contributed by atoms with van der Waals surface area (Å²) in [4.78, 5) is 159.